The highest BCUT2D eigenvalue weighted by atomic mass is 32.2. The van der Waals surface area contributed by atoms with Crippen LogP contribution in [0.15, 0.2) is 34.6 Å². The van der Waals surface area contributed by atoms with Crippen LogP contribution in [0.3, 0.4) is 0 Å². The molecule has 0 saturated carbocycles. The summed E-state index contributed by atoms with van der Waals surface area (Å²) in [6.07, 6.45) is -3.66. The molecule has 0 radical (unpaired) electrons. The van der Waals surface area contributed by atoms with E-state index in [-0.39, 0.29) is 10.9 Å². The van der Waals surface area contributed by atoms with Gasteiger partial charge in [0.2, 0.25) is 0 Å². The van der Waals surface area contributed by atoms with Crippen LogP contribution < -0.4 is 0 Å². The maximum absolute atomic E-state index is 12.4. The van der Waals surface area contributed by atoms with Crippen molar-refractivity contribution < 1.29 is 13.2 Å². The van der Waals surface area contributed by atoms with Crippen molar-refractivity contribution in [2.24, 2.45) is 0 Å². The van der Waals surface area contributed by atoms with Gasteiger partial charge in [0.1, 0.15) is 16.8 Å². The molecule has 2 aromatic rings. The van der Waals surface area contributed by atoms with E-state index in [2.05, 4.69) is 15.0 Å². The van der Waals surface area contributed by atoms with Crippen LogP contribution in [0, 0.1) is 18.3 Å². The lowest BCUT2D eigenvalue weighted by Gasteiger charge is -2.06. The number of nitriles is 1. The Kier molecular flexibility index (Phi) is 3.90. The summed E-state index contributed by atoms with van der Waals surface area (Å²) in [5, 5.41) is 9.39. The van der Waals surface area contributed by atoms with Crippen LogP contribution in [0.1, 0.15) is 17.0 Å². The molecule has 0 spiro atoms. The van der Waals surface area contributed by atoms with Gasteiger partial charge in [-0.05, 0) is 36.9 Å². The molecule has 2 aromatic heterocycles. The molecule has 0 N–H and O–H groups in total. The molecule has 0 aliphatic rings. The largest absolute Gasteiger partial charge is 0.417 e. The number of hydrogen-bond donors (Lipinski definition) is 0. The van der Waals surface area contributed by atoms with Crippen LogP contribution in [-0.2, 0) is 6.18 Å². The molecular formula is C12H7F3N4S. The highest BCUT2D eigenvalue weighted by Gasteiger charge is 2.30. The van der Waals surface area contributed by atoms with E-state index in [0.717, 1.165) is 24.0 Å². The van der Waals surface area contributed by atoms with Crippen LogP contribution in [0.4, 0.5) is 13.2 Å². The highest BCUT2D eigenvalue weighted by Crippen LogP contribution is 2.30. The number of pyridine rings is 1. The van der Waals surface area contributed by atoms with E-state index in [0.29, 0.717) is 10.7 Å². The van der Waals surface area contributed by atoms with Crippen molar-refractivity contribution in [1.29, 1.82) is 5.26 Å². The van der Waals surface area contributed by atoms with Gasteiger partial charge in [-0.1, -0.05) is 0 Å². The molecule has 2 heterocycles. The first kappa shape index (κ1) is 14.3. The molecule has 2 rings (SSSR count). The fourth-order valence-electron chi connectivity index (χ4n) is 1.35. The van der Waals surface area contributed by atoms with E-state index in [4.69, 9.17) is 5.26 Å². The third-order valence-electron chi connectivity index (χ3n) is 2.21. The van der Waals surface area contributed by atoms with Gasteiger partial charge in [0, 0.05) is 11.9 Å². The molecule has 102 valence electrons. The molecule has 8 heteroatoms. The number of aromatic nitrogens is 3. The Morgan fingerprint density at radius 1 is 1.25 bits per heavy atom. The van der Waals surface area contributed by atoms with Gasteiger partial charge in [-0.3, -0.25) is 0 Å². The predicted octanol–water partition coefficient (Wildman–Crippen LogP) is 3.22. The minimum absolute atomic E-state index is 0.201. The van der Waals surface area contributed by atoms with Crippen molar-refractivity contribution in [2.75, 3.05) is 0 Å². The molecule has 20 heavy (non-hydrogen) atoms. The van der Waals surface area contributed by atoms with Crippen molar-refractivity contribution in [3.8, 4) is 6.07 Å². The Balaban J connectivity index is 2.23. The lowest BCUT2D eigenvalue weighted by atomic mass is 10.3. The first-order valence-electron chi connectivity index (χ1n) is 5.35. The third-order valence-corrected chi connectivity index (χ3v) is 3.02. The summed E-state index contributed by atoms with van der Waals surface area (Å²) >= 11 is 0.999. The lowest BCUT2D eigenvalue weighted by Crippen LogP contribution is -2.05. The second kappa shape index (κ2) is 5.46. The van der Waals surface area contributed by atoms with Crippen LogP contribution in [-0.4, -0.2) is 15.0 Å². The molecule has 0 aliphatic heterocycles. The quantitative estimate of drug-likeness (QED) is 0.796. The summed E-state index contributed by atoms with van der Waals surface area (Å²) in [4.78, 5) is 11.7. The normalized spacial score (nSPS) is 11.2. The fraction of sp³-hybridized carbons (Fsp3) is 0.167. The van der Waals surface area contributed by atoms with Crippen LogP contribution in [0.5, 0.6) is 0 Å². The number of nitrogens with zero attached hydrogens (tertiary/aromatic N) is 4. The van der Waals surface area contributed by atoms with Gasteiger partial charge in [-0.2, -0.15) is 18.4 Å². The zero-order valence-electron chi connectivity index (χ0n) is 10.1. The van der Waals surface area contributed by atoms with E-state index < -0.39 is 11.7 Å². The molecule has 0 saturated heterocycles. The molecule has 0 amide bonds. The van der Waals surface area contributed by atoms with E-state index in [1.165, 1.54) is 12.1 Å². The van der Waals surface area contributed by atoms with Gasteiger partial charge >= 0.3 is 6.18 Å². The first-order valence-corrected chi connectivity index (χ1v) is 6.17. The van der Waals surface area contributed by atoms with Gasteiger partial charge < -0.3 is 0 Å². The zero-order chi connectivity index (χ0) is 14.8. The smallest absolute Gasteiger partial charge is 0.249 e. The van der Waals surface area contributed by atoms with Gasteiger partial charge in [0.15, 0.2) is 5.16 Å². The summed E-state index contributed by atoms with van der Waals surface area (Å²) in [6.45, 7) is 1.70. The Morgan fingerprint density at radius 2 is 2.00 bits per heavy atom. The number of alkyl halides is 3. The molecule has 0 bridgehead atoms. The minimum Gasteiger partial charge on any atom is -0.249 e. The summed E-state index contributed by atoms with van der Waals surface area (Å²) in [6, 6.07) is 5.59. The maximum atomic E-state index is 12.4. The molecule has 0 unspecified atom stereocenters. The molecule has 0 aromatic carbocycles. The Bertz CT molecular complexity index is 662. The van der Waals surface area contributed by atoms with Crippen molar-refractivity contribution >= 4 is 11.8 Å². The molecule has 0 fully saturated rings. The van der Waals surface area contributed by atoms with Crippen molar-refractivity contribution in [3.63, 3.8) is 0 Å². The maximum Gasteiger partial charge on any atom is 0.417 e. The summed E-state index contributed by atoms with van der Waals surface area (Å²) in [5.41, 5.74) is -0.0115. The van der Waals surface area contributed by atoms with Crippen LogP contribution >= 0.6 is 11.8 Å². The van der Waals surface area contributed by atoms with Crippen molar-refractivity contribution in [1.82, 2.24) is 15.0 Å². The lowest BCUT2D eigenvalue weighted by molar-refractivity contribution is -0.137. The molecule has 4 nitrogen and oxygen atoms in total. The average Bonchev–Trinajstić information content (AvgIpc) is 2.37. The van der Waals surface area contributed by atoms with Gasteiger partial charge in [0.05, 0.1) is 5.56 Å². The van der Waals surface area contributed by atoms with Gasteiger partial charge in [0.25, 0.3) is 0 Å². The van der Waals surface area contributed by atoms with Gasteiger partial charge in [-0.25, -0.2) is 15.0 Å². The monoisotopic (exact) mass is 296 g/mol. The Hall–Kier alpha value is -2.14. The van der Waals surface area contributed by atoms with E-state index >= 15 is 0 Å². The van der Waals surface area contributed by atoms with Crippen LogP contribution in [0.25, 0.3) is 0 Å². The number of rotatable bonds is 2. The van der Waals surface area contributed by atoms with E-state index in [1.54, 1.807) is 6.92 Å². The van der Waals surface area contributed by atoms with Gasteiger partial charge in [-0.15, -0.1) is 0 Å². The molecular weight excluding hydrogens is 289 g/mol. The number of halogens is 3. The molecule has 0 atom stereocenters. The second-order valence-corrected chi connectivity index (χ2v) is 4.76. The molecule has 0 aliphatic carbocycles. The zero-order valence-corrected chi connectivity index (χ0v) is 11.0. The fourth-order valence-corrected chi connectivity index (χ4v) is 2.11. The predicted molar refractivity (Wildman–Crippen MR) is 64.8 cm³/mol. The van der Waals surface area contributed by atoms with Crippen molar-refractivity contribution in [2.45, 2.75) is 23.3 Å². The Morgan fingerprint density at radius 3 is 2.55 bits per heavy atom. The number of hydrogen-bond acceptors (Lipinski definition) is 5. The summed E-state index contributed by atoms with van der Waals surface area (Å²) < 4.78 is 37.2. The average molecular weight is 296 g/mol. The van der Waals surface area contributed by atoms with E-state index in [1.807, 2.05) is 6.07 Å². The first-order chi connectivity index (χ1) is 9.38. The second-order valence-electron chi connectivity index (χ2n) is 3.77. The topological polar surface area (TPSA) is 62.5 Å². The summed E-state index contributed by atoms with van der Waals surface area (Å²) in [7, 11) is 0. The standard InChI is InChI=1S/C12H7F3N4S/c1-7-4-9(5-16)19-11(18-7)20-10-3-2-8(6-17-10)12(13,14)15/h2-4,6H,1H3. The van der Waals surface area contributed by atoms with Crippen molar-refractivity contribution in [3.05, 3.63) is 41.3 Å². The summed E-state index contributed by atoms with van der Waals surface area (Å²) in [5.74, 6) is 0. The number of aryl methyl sites for hydroxylation is 1. The SMILES string of the molecule is Cc1cc(C#N)nc(Sc2ccc(C(F)(F)F)cn2)n1. The van der Waals surface area contributed by atoms with Crippen LogP contribution in [0.2, 0.25) is 0 Å². The van der Waals surface area contributed by atoms with E-state index in [9.17, 15) is 13.2 Å². The highest BCUT2D eigenvalue weighted by molar-refractivity contribution is 7.99. The third kappa shape index (κ3) is 3.45. The minimum atomic E-state index is -4.41. The Labute approximate surface area is 116 Å².